The van der Waals surface area contributed by atoms with E-state index in [0.717, 1.165) is 12.8 Å². The normalized spacial score (nSPS) is 15.6. The van der Waals surface area contributed by atoms with E-state index in [-0.39, 0.29) is 18.4 Å². The predicted octanol–water partition coefficient (Wildman–Crippen LogP) is 1.53. The van der Waals surface area contributed by atoms with E-state index in [2.05, 4.69) is 5.32 Å². The summed E-state index contributed by atoms with van der Waals surface area (Å²) in [5.41, 5.74) is 0.610. The number of rotatable bonds is 6. The van der Waals surface area contributed by atoms with Gasteiger partial charge in [0.2, 0.25) is 5.91 Å². The first-order chi connectivity index (χ1) is 9.10. The van der Waals surface area contributed by atoms with Crippen LogP contribution in [-0.2, 0) is 9.59 Å². The van der Waals surface area contributed by atoms with Gasteiger partial charge in [-0.15, -0.1) is 0 Å². The number of carboxylic acid groups (broad SMARTS) is 1. The zero-order valence-electron chi connectivity index (χ0n) is 10.8. The molecular formula is C14H17NO4. The van der Waals surface area contributed by atoms with Gasteiger partial charge < -0.3 is 15.2 Å². The van der Waals surface area contributed by atoms with Crippen molar-refractivity contribution in [3.63, 3.8) is 0 Å². The van der Waals surface area contributed by atoms with Crippen LogP contribution in [-0.4, -0.2) is 30.1 Å². The quantitative estimate of drug-likeness (QED) is 0.816. The van der Waals surface area contributed by atoms with E-state index in [1.54, 1.807) is 31.4 Å². The molecule has 1 aliphatic carbocycles. The molecule has 0 radical (unpaired) electrons. The number of methoxy groups -OCH3 is 1. The Morgan fingerprint density at radius 1 is 1.37 bits per heavy atom. The summed E-state index contributed by atoms with van der Waals surface area (Å²) in [5, 5.41) is 12.0. The summed E-state index contributed by atoms with van der Waals surface area (Å²) >= 11 is 0. The van der Waals surface area contributed by atoms with Gasteiger partial charge in [-0.1, -0.05) is 12.1 Å². The molecule has 0 spiro atoms. The Balaban J connectivity index is 2.04. The molecule has 0 bridgehead atoms. The van der Waals surface area contributed by atoms with Gasteiger partial charge in [0.25, 0.3) is 0 Å². The van der Waals surface area contributed by atoms with Crippen LogP contribution in [0, 0.1) is 0 Å². The van der Waals surface area contributed by atoms with Crippen molar-refractivity contribution in [2.24, 2.45) is 0 Å². The molecule has 5 nitrogen and oxygen atoms in total. The second-order valence-corrected chi connectivity index (χ2v) is 4.71. The zero-order valence-corrected chi connectivity index (χ0v) is 10.8. The Morgan fingerprint density at radius 3 is 2.47 bits per heavy atom. The van der Waals surface area contributed by atoms with Crippen LogP contribution in [0.1, 0.15) is 30.7 Å². The molecule has 0 saturated heterocycles. The molecule has 19 heavy (non-hydrogen) atoms. The first-order valence-corrected chi connectivity index (χ1v) is 6.26. The van der Waals surface area contributed by atoms with Crippen molar-refractivity contribution in [1.29, 1.82) is 0 Å². The standard InChI is InChI=1S/C14H17NO4/c1-19-11-6-2-9(3-7-11)12(14(17)18)8-13(16)15-10-4-5-10/h2-3,6-7,10,12H,4-5,8H2,1H3,(H,15,16)(H,17,18). The van der Waals surface area contributed by atoms with Gasteiger partial charge in [0, 0.05) is 12.5 Å². The van der Waals surface area contributed by atoms with E-state index in [1.165, 1.54) is 0 Å². The first-order valence-electron chi connectivity index (χ1n) is 6.26. The Hall–Kier alpha value is -2.04. The zero-order chi connectivity index (χ0) is 13.8. The van der Waals surface area contributed by atoms with E-state index in [4.69, 9.17) is 4.74 Å². The Kier molecular flexibility index (Phi) is 4.04. The lowest BCUT2D eigenvalue weighted by Gasteiger charge is -2.13. The number of carbonyl (C=O) groups excluding carboxylic acids is 1. The third-order valence-corrected chi connectivity index (χ3v) is 3.15. The van der Waals surface area contributed by atoms with Crippen molar-refractivity contribution in [2.45, 2.75) is 31.2 Å². The van der Waals surface area contributed by atoms with E-state index >= 15 is 0 Å². The lowest BCUT2D eigenvalue weighted by molar-refractivity contribution is -0.140. The maximum Gasteiger partial charge on any atom is 0.311 e. The van der Waals surface area contributed by atoms with Gasteiger partial charge in [-0.25, -0.2) is 0 Å². The number of benzene rings is 1. The van der Waals surface area contributed by atoms with Crippen LogP contribution in [0.15, 0.2) is 24.3 Å². The average molecular weight is 263 g/mol. The van der Waals surface area contributed by atoms with Gasteiger partial charge in [-0.05, 0) is 30.5 Å². The number of nitrogens with one attached hydrogen (secondary N) is 1. The molecule has 102 valence electrons. The molecule has 0 aromatic heterocycles. The molecule has 0 aliphatic heterocycles. The lowest BCUT2D eigenvalue weighted by atomic mass is 9.95. The molecule has 2 rings (SSSR count). The Labute approximate surface area is 111 Å². The number of hydrogen-bond donors (Lipinski definition) is 2. The van der Waals surface area contributed by atoms with E-state index in [1.807, 2.05) is 0 Å². The third kappa shape index (κ3) is 3.71. The van der Waals surface area contributed by atoms with Crippen LogP contribution in [0.3, 0.4) is 0 Å². The molecule has 1 fully saturated rings. The van der Waals surface area contributed by atoms with Crippen LogP contribution < -0.4 is 10.1 Å². The molecule has 1 saturated carbocycles. The third-order valence-electron chi connectivity index (χ3n) is 3.15. The fourth-order valence-electron chi connectivity index (χ4n) is 1.88. The fraction of sp³-hybridized carbons (Fsp3) is 0.429. The minimum Gasteiger partial charge on any atom is -0.497 e. The summed E-state index contributed by atoms with van der Waals surface area (Å²) in [4.78, 5) is 23.0. The summed E-state index contributed by atoms with van der Waals surface area (Å²) in [7, 11) is 1.55. The summed E-state index contributed by atoms with van der Waals surface area (Å²) < 4.78 is 5.02. The average Bonchev–Trinajstić information content (AvgIpc) is 3.20. The van der Waals surface area contributed by atoms with Gasteiger partial charge in [0.15, 0.2) is 0 Å². The molecule has 1 aromatic carbocycles. The number of carboxylic acids is 1. The Bertz CT molecular complexity index is 465. The van der Waals surface area contributed by atoms with Gasteiger partial charge >= 0.3 is 5.97 Å². The van der Waals surface area contributed by atoms with Gasteiger partial charge in [-0.2, -0.15) is 0 Å². The van der Waals surface area contributed by atoms with Crippen LogP contribution in [0.2, 0.25) is 0 Å². The number of amides is 1. The summed E-state index contributed by atoms with van der Waals surface area (Å²) in [5.74, 6) is -1.35. The molecule has 1 amide bonds. The van der Waals surface area contributed by atoms with Crippen molar-refractivity contribution in [3.05, 3.63) is 29.8 Å². The van der Waals surface area contributed by atoms with E-state index < -0.39 is 11.9 Å². The fourth-order valence-corrected chi connectivity index (χ4v) is 1.88. The van der Waals surface area contributed by atoms with Crippen molar-refractivity contribution in [3.8, 4) is 5.75 Å². The lowest BCUT2D eigenvalue weighted by Crippen LogP contribution is -2.29. The van der Waals surface area contributed by atoms with Crippen LogP contribution in [0.5, 0.6) is 5.75 Å². The highest BCUT2D eigenvalue weighted by Crippen LogP contribution is 2.24. The van der Waals surface area contributed by atoms with Crippen LogP contribution in [0.25, 0.3) is 0 Å². The van der Waals surface area contributed by atoms with Gasteiger partial charge in [0.05, 0.1) is 13.0 Å². The number of ether oxygens (including phenoxy) is 1. The molecular weight excluding hydrogens is 246 g/mol. The molecule has 1 atom stereocenters. The monoisotopic (exact) mass is 263 g/mol. The van der Waals surface area contributed by atoms with Gasteiger partial charge in [-0.3, -0.25) is 9.59 Å². The second-order valence-electron chi connectivity index (χ2n) is 4.71. The number of carbonyl (C=O) groups is 2. The van der Waals surface area contributed by atoms with E-state index in [0.29, 0.717) is 11.3 Å². The minimum atomic E-state index is -0.990. The smallest absolute Gasteiger partial charge is 0.311 e. The first kappa shape index (κ1) is 13.4. The highest BCUT2D eigenvalue weighted by atomic mass is 16.5. The maximum absolute atomic E-state index is 11.7. The molecule has 2 N–H and O–H groups in total. The highest BCUT2D eigenvalue weighted by Gasteiger charge is 2.27. The second kappa shape index (κ2) is 5.73. The SMILES string of the molecule is COc1ccc(C(CC(=O)NC2CC2)C(=O)O)cc1. The molecule has 1 aliphatic rings. The molecule has 1 aromatic rings. The topological polar surface area (TPSA) is 75.6 Å². The summed E-state index contributed by atoms with van der Waals surface area (Å²) in [6.07, 6.45) is 1.95. The number of hydrogen-bond acceptors (Lipinski definition) is 3. The summed E-state index contributed by atoms with van der Waals surface area (Å²) in [6.45, 7) is 0. The van der Waals surface area contributed by atoms with Gasteiger partial charge in [0.1, 0.15) is 5.75 Å². The van der Waals surface area contributed by atoms with E-state index in [9.17, 15) is 14.7 Å². The predicted molar refractivity (Wildman–Crippen MR) is 69.2 cm³/mol. The largest absolute Gasteiger partial charge is 0.497 e. The van der Waals surface area contributed by atoms with Crippen LogP contribution >= 0.6 is 0 Å². The van der Waals surface area contributed by atoms with Crippen molar-refractivity contribution < 1.29 is 19.4 Å². The maximum atomic E-state index is 11.7. The van der Waals surface area contributed by atoms with Crippen molar-refractivity contribution in [2.75, 3.05) is 7.11 Å². The molecule has 5 heteroatoms. The Morgan fingerprint density at radius 2 is 2.00 bits per heavy atom. The molecule has 1 unspecified atom stereocenters. The van der Waals surface area contributed by atoms with Crippen molar-refractivity contribution in [1.82, 2.24) is 5.32 Å². The van der Waals surface area contributed by atoms with Crippen molar-refractivity contribution >= 4 is 11.9 Å². The molecule has 0 heterocycles. The highest BCUT2D eigenvalue weighted by molar-refractivity contribution is 5.86. The minimum absolute atomic E-state index is 0.0296. The van der Waals surface area contributed by atoms with Crippen LogP contribution in [0.4, 0.5) is 0 Å². The summed E-state index contributed by atoms with van der Waals surface area (Å²) in [6, 6.07) is 7.01. The number of aliphatic carboxylic acids is 1.